The molecule has 0 bridgehead atoms. The van der Waals surface area contributed by atoms with Gasteiger partial charge in [-0.3, -0.25) is 0 Å². The first-order valence-corrected chi connectivity index (χ1v) is 7.94. The Bertz CT molecular complexity index is 362. The number of halogens is 1. The van der Waals surface area contributed by atoms with Crippen molar-refractivity contribution in [3.05, 3.63) is 34.9 Å². The van der Waals surface area contributed by atoms with Crippen LogP contribution in [0.1, 0.15) is 39.7 Å². The lowest BCUT2D eigenvalue weighted by Crippen LogP contribution is -2.30. The van der Waals surface area contributed by atoms with E-state index in [2.05, 4.69) is 45.1 Å². The highest BCUT2D eigenvalue weighted by atomic mass is 35.5. The van der Waals surface area contributed by atoms with Crippen LogP contribution in [0.5, 0.6) is 0 Å². The molecule has 0 aliphatic heterocycles. The van der Waals surface area contributed by atoms with Gasteiger partial charge in [0.15, 0.2) is 0 Å². The van der Waals surface area contributed by atoms with E-state index >= 15 is 0 Å². The molecule has 0 aliphatic carbocycles. The molecule has 1 N–H and O–H groups in total. The van der Waals surface area contributed by atoms with Crippen molar-refractivity contribution in [3.63, 3.8) is 0 Å². The zero-order valence-electron chi connectivity index (χ0n) is 13.2. The summed E-state index contributed by atoms with van der Waals surface area (Å²) >= 11 is 5.94. The van der Waals surface area contributed by atoms with E-state index in [-0.39, 0.29) is 0 Å². The molecule has 1 atom stereocenters. The molecule has 1 rings (SSSR count). The second kappa shape index (κ2) is 9.38. The topological polar surface area (TPSA) is 21.3 Å². The lowest BCUT2D eigenvalue weighted by Gasteiger charge is -2.20. The number of hydrogen-bond acceptors (Lipinski definition) is 2. The minimum atomic E-state index is 0.309. The Balaban J connectivity index is 2.49. The predicted molar refractivity (Wildman–Crippen MR) is 87.5 cm³/mol. The van der Waals surface area contributed by atoms with Crippen LogP contribution in [0.2, 0.25) is 5.02 Å². The van der Waals surface area contributed by atoms with E-state index in [4.69, 9.17) is 16.3 Å². The van der Waals surface area contributed by atoms with Gasteiger partial charge in [0.05, 0.1) is 6.10 Å². The summed E-state index contributed by atoms with van der Waals surface area (Å²) in [6, 6.07) is 8.69. The summed E-state index contributed by atoms with van der Waals surface area (Å²) < 4.78 is 5.69. The van der Waals surface area contributed by atoms with Gasteiger partial charge in [0.1, 0.15) is 0 Å². The fourth-order valence-electron chi connectivity index (χ4n) is 2.10. The number of nitrogens with one attached hydrogen (secondary N) is 1. The molecule has 0 fully saturated rings. The van der Waals surface area contributed by atoms with Crippen molar-refractivity contribution in [1.29, 1.82) is 0 Å². The van der Waals surface area contributed by atoms with Crippen LogP contribution in [0.4, 0.5) is 0 Å². The van der Waals surface area contributed by atoms with Crippen molar-refractivity contribution in [2.45, 2.75) is 52.7 Å². The zero-order chi connectivity index (χ0) is 15.0. The van der Waals surface area contributed by atoms with Gasteiger partial charge in [-0.25, -0.2) is 0 Å². The monoisotopic (exact) mass is 297 g/mol. The first-order valence-electron chi connectivity index (χ1n) is 7.56. The average Bonchev–Trinajstić information content (AvgIpc) is 2.37. The third-order valence-corrected chi connectivity index (χ3v) is 3.48. The molecule has 0 saturated carbocycles. The molecular formula is C17H28ClNO. The number of benzene rings is 1. The Morgan fingerprint density at radius 2 is 1.75 bits per heavy atom. The van der Waals surface area contributed by atoms with Gasteiger partial charge in [0.25, 0.3) is 0 Å². The minimum absolute atomic E-state index is 0.309. The van der Waals surface area contributed by atoms with Crippen LogP contribution in [-0.2, 0) is 11.2 Å². The summed E-state index contributed by atoms with van der Waals surface area (Å²) in [5.74, 6) is 0.595. The van der Waals surface area contributed by atoms with Crippen LogP contribution in [-0.4, -0.2) is 25.3 Å². The van der Waals surface area contributed by atoms with E-state index in [0.717, 1.165) is 31.0 Å². The van der Waals surface area contributed by atoms with E-state index in [1.807, 2.05) is 12.1 Å². The van der Waals surface area contributed by atoms with Gasteiger partial charge in [0.2, 0.25) is 0 Å². The maximum atomic E-state index is 5.94. The molecule has 0 saturated heterocycles. The number of rotatable bonds is 9. The zero-order valence-corrected chi connectivity index (χ0v) is 13.9. The largest absolute Gasteiger partial charge is 0.379 e. The van der Waals surface area contributed by atoms with Crippen molar-refractivity contribution in [2.75, 3.05) is 13.2 Å². The summed E-state index contributed by atoms with van der Waals surface area (Å²) in [6.07, 6.45) is 2.46. The van der Waals surface area contributed by atoms with Gasteiger partial charge >= 0.3 is 0 Å². The van der Waals surface area contributed by atoms with E-state index in [1.165, 1.54) is 5.56 Å². The van der Waals surface area contributed by atoms with Crippen LogP contribution in [0.15, 0.2) is 24.3 Å². The first-order chi connectivity index (χ1) is 9.47. The minimum Gasteiger partial charge on any atom is -0.379 e. The lowest BCUT2D eigenvalue weighted by molar-refractivity contribution is 0.0681. The van der Waals surface area contributed by atoms with Crippen LogP contribution in [0.25, 0.3) is 0 Å². The van der Waals surface area contributed by atoms with Gasteiger partial charge in [-0.2, -0.15) is 0 Å². The summed E-state index contributed by atoms with van der Waals surface area (Å²) in [5, 5.41) is 4.33. The summed E-state index contributed by atoms with van der Waals surface area (Å²) in [5.41, 5.74) is 1.34. The fourth-order valence-corrected chi connectivity index (χ4v) is 2.23. The first kappa shape index (κ1) is 17.5. The van der Waals surface area contributed by atoms with Gasteiger partial charge in [-0.1, -0.05) is 37.6 Å². The summed E-state index contributed by atoms with van der Waals surface area (Å²) in [6.45, 7) is 10.4. The van der Waals surface area contributed by atoms with Crippen LogP contribution in [0, 0.1) is 5.92 Å². The average molecular weight is 298 g/mol. The standard InChI is InChI=1S/C17H28ClNO/c1-13(2)19-12-16(9-10-20-14(3)4)11-15-5-7-17(18)8-6-15/h5-8,13-14,16,19H,9-12H2,1-4H3. The highest BCUT2D eigenvalue weighted by Gasteiger charge is 2.11. The highest BCUT2D eigenvalue weighted by molar-refractivity contribution is 6.30. The lowest BCUT2D eigenvalue weighted by atomic mass is 9.96. The van der Waals surface area contributed by atoms with E-state index in [0.29, 0.717) is 18.1 Å². The molecule has 1 aromatic rings. The van der Waals surface area contributed by atoms with E-state index in [9.17, 15) is 0 Å². The van der Waals surface area contributed by atoms with Gasteiger partial charge in [0, 0.05) is 17.7 Å². The van der Waals surface area contributed by atoms with Crippen LogP contribution in [0.3, 0.4) is 0 Å². The van der Waals surface area contributed by atoms with Crippen molar-refractivity contribution >= 4 is 11.6 Å². The molecule has 0 aliphatic rings. The molecule has 114 valence electrons. The highest BCUT2D eigenvalue weighted by Crippen LogP contribution is 2.16. The predicted octanol–water partition coefficient (Wildman–Crippen LogP) is 4.31. The molecule has 0 amide bonds. The van der Waals surface area contributed by atoms with Gasteiger partial charge in [-0.15, -0.1) is 0 Å². The molecule has 0 aromatic heterocycles. The molecule has 0 radical (unpaired) electrons. The summed E-state index contributed by atoms with van der Waals surface area (Å²) in [4.78, 5) is 0. The normalized spacial score (nSPS) is 13.2. The SMILES string of the molecule is CC(C)NCC(CCOC(C)C)Cc1ccc(Cl)cc1. The number of hydrogen-bond donors (Lipinski definition) is 1. The van der Waals surface area contributed by atoms with Gasteiger partial charge < -0.3 is 10.1 Å². The smallest absolute Gasteiger partial charge is 0.0518 e. The molecule has 3 heteroatoms. The van der Waals surface area contributed by atoms with Crippen LogP contribution >= 0.6 is 11.6 Å². The van der Waals surface area contributed by atoms with Gasteiger partial charge in [-0.05, 0) is 56.8 Å². The van der Waals surface area contributed by atoms with Crippen molar-refractivity contribution < 1.29 is 4.74 Å². The van der Waals surface area contributed by atoms with Crippen molar-refractivity contribution in [1.82, 2.24) is 5.32 Å². The fraction of sp³-hybridized carbons (Fsp3) is 0.647. The maximum absolute atomic E-state index is 5.94. The Hall–Kier alpha value is -0.570. The second-order valence-electron chi connectivity index (χ2n) is 5.97. The Morgan fingerprint density at radius 1 is 1.10 bits per heavy atom. The number of ether oxygens (including phenoxy) is 1. The van der Waals surface area contributed by atoms with E-state index in [1.54, 1.807) is 0 Å². The molecule has 0 heterocycles. The summed E-state index contributed by atoms with van der Waals surface area (Å²) in [7, 11) is 0. The quantitative estimate of drug-likeness (QED) is 0.733. The Kier molecular flexibility index (Phi) is 8.20. The Labute approximate surface area is 128 Å². The van der Waals surface area contributed by atoms with Crippen molar-refractivity contribution in [3.8, 4) is 0 Å². The molecular weight excluding hydrogens is 270 g/mol. The van der Waals surface area contributed by atoms with Crippen molar-refractivity contribution in [2.24, 2.45) is 5.92 Å². The third kappa shape index (κ3) is 7.88. The molecule has 2 nitrogen and oxygen atoms in total. The second-order valence-corrected chi connectivity index (χ2v) is 6.40. The third-order valence-electron chi connectivity index (χ3n) is 3.23. The van der Waals surface area contributed by atoms with E-state index < -0.39 is 0 Å². The molecule has 1 aromatic carbocycles. The molecule has 1 unspecified atom stereocenters. The van der Waals surface area contributed by atoms with Crippen LogP contribution < -0.4 is 5.32 Å². The molecule has 20 heavy (non-hydrogen) atoms. The molecule has 0 spiro atoms. The maximum Gasteiger partial charge on any atom is 0.0518 e. The Morgan fingerprint density at radius 3 is 2.30 bits per heavy atom.